The van der Waals surface area contributed by atoms with Crippen molar-refractivity contribution >= 4 is 21.9 Å². The highest BCUT2D eigenvalue weighted by atomic mass is 79.9. The number of ether oxygens (including phenoxy) is 2. The number of benzene rings is 2. The summed E-state index contributed by atoms with van der Waals surface area (Å²) in [5.41, 5.74) is 0.969. The molecule has 0 saturated heterocycles. The molecule has 0 aliphatic rings. The van der Waals surface area contributed by atoms with E-state index < -0.39 is 0 Å². The lowest BCUT2D eigenvalue weighted by atomic mass is 10.1. The van der Waals surface area contributed by atoms with Crippen LogP contribution in [0.5, 0.6) is 5.75 Å². The standard InChI is InChI=1S/C16H15BrO3/c1-12(18)19-11-16(13-5-3-2-4-6-13)20-15-9-7-14(17)8-10-15/h2-10,16H,11H2,1H3. The van der Waals surface area contributed by atoms with Crippen LogP contribution in [-0.4, -0.2) is 12.6 Å². The fourth-order valence-electron chi connectivity index (χ4n) is 1.74. The first kappa shape index (κ1) is 14.6. The van der Waals surface area contributed by atoms with E-state index in [4.69, 9.17) is 9.47 Å². The van der Waals surface area contributed by atoms with Gasteiger partial charge >= 0.3 is 5.97 Å². The van der Waals surface area contributed by atoms with Crippen LogP contribution in [0.2, 0.25) is 0 Å². The Bertz CT molecular complexity index is 552. The molecule has 4 heteroatoms. The molecule has 104 valence electrons. The highest BCUT2D eigenvalue weighted by molar-refractivity contribution is 9.10. The molecular formula is C16H15BrO3. The first-order chi connectivity index (χ1) is 9.65. The molecule has 2 aromatic rings. The Balaban J connectivity index is 2.13. The topological polar surface area (TPSA) is 35.5 Å². The summed E-state index contributed by atoms with van der Waals surface area (Å²) in [6.45, 7) is 1.58. The number of carbonyl (C=O) groups is 1. The fraction of sp³-hybridized carbons (Fsp3) is 0.188. The molecule has 20 heavy (non-hydrogen) atoms. The van der Waals surface area contributed by atoms with Crippen molar-refractivity contribution in [2.24, 2.45) is 0 Å². The molecule has 1 atom stereocenters. The van der Waals surface area contributed by atoms with Crippen LogP contribution in [0.15, 0.2) is 59.1 Å². The van der Waals surface area contributed by atoms with Gasteiger partial charge in [-0.05, 0) is 29.8 Å². The zero-order valence-corrected chi connectivity index (χ0v) is 12.7. The molecule has 0 radical (unpaired) electrons. The molecule has 2 aromatic carbocycles. The van der Waals surface area contributed by atoms with Crippen molar-refractivity contribution in [3.05, 3.63) is 64.6 Å². The molecular weight excluding hydrogens is 320 g/mol. The van der Waals surface area contributed by atoms with Crippen molar-refractivity contribution in [2.75, 3.05) is 6.61 Å². The van der Waals surface area contributed by atoms with Gasteiger partial charge < -0.3 is 9.47 Å². The molecule has 0 heterocycles. The average Bonchev–Trinajstić information content (AvgIpc) is 2.46. The van der Waals surface area contributed by atoms with Gasteiger partial charge in [-0.15, -0.1) is 0 Å². The van der Waals surface area contributed by atoms with Crippen molar-refractivity contribution in [3.63, 3.8) is 0 Å². The van der Waals surface area contributed by atoms with E-state index in [0.29, 0.717) is 0 Å². The highest BCUT2D eigenvalue weighted by Crippen LogP contribution is 2.24. The average molecular weight is 335 g/mol. The molecule has 0 saturated carbocycles. The third-order valence-corrected chi connectivity index (χ3v) is 3.23. The van der Waals surface area contributed by atoms with E-state index >= 15 is 0 Å². The maximum atomic E-state index is 11.0. The third-order valence-electron chi connectivity index (χ3n) is 2.70. The normalized spacial score (nSPS) is 11.7. The second kappa shape index (κ2) is 7.10. The maximum Gasteiger partial charge on any atom is 0.302 e. The van der Waals surface area contributed by atoms with Crippen molar-refractivity contribution in [1.29, 1.82) is 0 Å². The molecule has 0 fully saturated rings. The van der Waals surface area contributed by atoms with Gasteiger partial charge in [0.2, 0.25) is 0 Å². The molecule has 0 bridgehead atoms. The summed E-state index contributed by atoms with van der Waals surface area (Å²) in [6, 6.07) is 17.3. The lowest BCUT2D eigenvalue weighted by Gasteiger charge is -2.19. The van der Waals surface area contributed by atoms with E-state index in [1.165, 1.54) is 6.92 Å². The van der Waals surface area contributed by atoms with E-state index in [2.05, 4.69) is 15.9 Å². The molecule has 2 rings (SSSR count). The van der Waals surface area contributed by atoms with Gasteiger partial charge in [-0.1, -0.05) is 46.3 Å². The van der Waals surface area contributed by atoms with Crippen LogP contribution >= 0.6 is 15.9 Å². The van der Waals surface area contributed by atoms with Crippen LogP contribution < -0.4 is 4.74 Å². The molecule has 0 aromatic heterocycles. The summed E-state index contributed by atoms with van der Waals surface area (Å²) in [7, 11) is 0. The largest absolute Gasteiger partial charge is 0.482 e. The molecule has 0 amide bonds. The van der Waals surface area contributed by atoms with E-state index in [1.807, 2.05) is 54.6 Å². The Morgan fingerprint density at radius 2 is 1.75 bits per heavy atom. The SMILES string of the molecule is CC(=O)OCC(Oc1ccc(Br)cc1)c1ccccc1. The zero-order valence-electron chi connectivity index (χ0n) is 11.1. The zero-order chi connectivity index (χ0) is 14.4. The third kappa shape index (κ3) is 4.38. The summed E-state index contributed by atoms with van der Waals surface area (Å²) in [6.07, 6.45) is -0.318. The van der Waals surface area contributed by atoms with Crippen LogP contribution in [0.25, 0.3) is 0 Å². The van der Waals surface area contributed by atoms with Crippen LogP contribution in [0.1, 0.15) is 18.6 Å². The van der Waals surface area contributed by atoms with E-state index in [-0.39, 0.29) is 18.7 Å². The van der Waals surface area contributed by atoms with Crippen molar-refractivity contribution in [1.82, 2.24) is 0 Å². The smallest absolute Gasteiger partial charge is 0.302 e. The highest BCUT2D eigenvalue weighted by Gasteiger charge is 2.15. The van der Waals surface area contributed by atoms with Crippen LogP contribution in [0.3, 0.4) is 0 Å². The molecule has 0 aliphatic heterocycles. The summed E-state index contributed by atoms with van der Waals surface area (Å²) in [5, 5.41) is 0. The van der Waals surface area contributed by atoms with Gasteiger partial charge in [0.1, 0.15) is 12.4 Å². The Kier molecular flexibility index (Phi) is 5.18. The van der Waals surface area contributed by atoms with Gasteiger partial charge in [-0.25, -0.2) is 0 Å². The Labute approximate surface area is 126 Å². The minimum absolute atomic E-state index is 0.190. The summed E-state index contributed by atoms with van der Waals surface area (Å²) in [5.74, 6) is 0.416. The fourth-order valence-corrected chi connectivity index (χ4v) is 2.00. The van der Waals surface area contributed by atoms with Crippen molar-refractivity contribution in [2.45, 2.75) is 13.0 Å². The van der Waals surface area contributed by atoms with Gasteiger partial charge in [-0.2, -0.15) is 0 Å². The predicted octanol–water partition coefficient (Wildman–Crippen LogP) is 4.13. The van der Waals surface area contributed by atoms with Gasteiger partial charge in [0.15, 0.2) is 6.10 Å². The summed E-state index contributed by atoms with van der Waals surface area (Å²) in [4.78, 5) is 11.0. The van der Waals surface area contributed by atoms with Crippen molar-refractivity contribution < 1.29 is 14.3 Å². The summed E-state index contributed by atoms with van der Waals surface area (Å²) < 4.78 is 12.0. The van der Waals surface area contributed by atoms with Crippen LogP contribution in [0, 0.1) is 0 Å². The molecule has 0 spiro atoms. The predicted molar refractivity (Wildman–Crippen MR) is 80.6 cm³/mol. The Hall–Kier alpha value is -1.81. The molecule has 3 nitrogen and oxygen atoms in total. The van der Waals surface area contributed by atoms with Gasteiger partial charge in [0.25, 0.3) is 0 Å². The molecule has 0 N–H and O–H groups in total. The quantitative estimate of drug-likeness (QED) is 0.771. The van der Waals surface area contributed by atoms with E-state index in [0.717, 1.165) is 15.8 Å². The van der Waals surface area contributed by atoms with Gasteiger partial charge in [0, 0.05) is 11.4 Å². The van der Waals surface area contributed by atoms with Crippen molar-refractivity contribution in [3.8, 4) is 5.75 Å². The number of hydrogen-bond donors (Lipinski definition) is 0. The number of hydrogen-bond acceptors (Lipinski definition) is 3. The van der Waals surface area contributed by atoms with Gasteiger partial charge in [0.05, 0.1) is 0 Å². The summed E-state index contributed by atoms with van der Waals surface area (Å²) >= 11 is 3.38. The van der Waals surface area contributed by atoms with Crippen LogP contribution in [0.4, 0.5) is 0 Å². The minimum atomic E-state index is -0.318. The lowest BCUT2D eigenvalue weighted by Crippen LogP contribution is -2.16. The monoisotopic (exact) mass is 334 g/mol. The van der Waals surface area contributed by atoms with Gasteiger partial charge in [-0.3, -0.25) is 4.79 Å². The number of carbonyl (C=O) groups excluding carboxylic acids is 1. The second-order valence-electron chi connectivity index (χ2n) is 4.27. The minimum Gasteiger partial charge on any atom is -0.482 e. The van der Waals surface area contributed by atoms with Crippen LogP contribution in [-0.2, 0) is 9.53 Å². The maximum absolute atomic E-state index is 11.0. The number of rotatable bonds is 5. The first-order valence-electron chi connectivity index (χ1n) is 6.25. The molecule has 0 aliphatic carbocycles. The first-order valence-corrected chi connectivity index (χ1v) is 7.05. The lowest BCUT2D eigenvalue weighted by molar-refractivity contribution is -0.143. The van der Waals surface area contributed by atoms with E-state index in [1.54, 1.807) is 0 Å². The molecule has 1 unspecified atom stereocenters. The second-order valence-corrected chi connectivity index (χ2v) is 5.19. The van der Waals surface area contributed by atoms with E-state index in [9.17, 15) is 4.79 Å². The Morgan fingerprint density at radius 3 is 2.35 bits per heavy atom. The number of esters is 1. The Morgan fingerprint density at radius 1 is 1.10 bits per heavy atom. The number of halogens is 1.